The molecule has 4 saturated carbocycles. The van der Waals surface area contributed by atoms with E-state index in [-0.39, 0.29) is 28.3 Å². The van der Waals surface area contributed by atoms with Gasteiger partial charge >= 0.3 is 11.9 Å². The number of carbonyl (C=O) groups is 2. The molecule has 45 heavy (non-hydrogen) atoms. The number of aliphatic hydroxyl groups is 4. The fraction of sp³-hybridized carbons (Fsp3) is 0.838. The van der Waals surface area contributed by atoms with E-state index in [9.17, 15) is 30.0 Å². The van der Waals surface area contributed by atoms with Gasteiger partial charge in [0.25, 0.3) is 0 Å². The highest BCUT2D eigenvalue weighted by molar-refractivity contribution is 5.83. The van der Waals surface area contributed by atoms with Crippen LogP contribution in [0.15, 0.2) is 23.3 Å². The van der Waals surface area contributed by atoms with Gasteiger partial charge in [-0.05, 0) is 86.4 Å². The summed E-state index contributed by atoms with van der Waals surface area (Å²) in [6.45, 7) is 19.4. The van der Waals surface area contributed by atoms with E-state index >= 15 is 0 Å². The smallest absolute Gasteiger partial charge is 0.331 e. The third-order valence-corrected chi connectivity index (χ3v) is 14.4. The summed E-state index contributed by atoms with van der Waals surface area (Å²) in [6.07, 6.45) is 3.09. The van der Waals surface area contributed by atoms with Crippen LogP contribution < -0.4 is 0 Å². The van der Waals surface area contributed by atoms with Crippen LogP contribution in [0.1, 0.15) is 108 Å². The van der Waals surface area contributed by atoms with Crippen LogP contribution in [-0.2, 0) is 19.1 Å². The van der Waals surface area contributed by atoms with E-state index in [0.717, 1.165) is 43.3 Å². The zero-order chi connectivity index (χ0) is 33.7. The maximum atomic E-state index is 13.0. The van der Waals surface area contributed by atoms with Gasteiger partial charge in [-0.15, -0.1) is 0 Å². The third-order valence-electron chi connectivity index (χ3n) is 14.4. The van der Waals surface area contributed by atoms with Crippen LogP contribution in [0, 0.1) is 50.2 Å². The summed E-state index contributed by atoms with van der Waals surface area (Å²) in [5.41, 5.74) is -1.90. The second kappa shape index (κ2) is 10.9. The zero-order valence-corrected chi connectivity index (χ0v) is 29.1. The molecule has 0 unspecified atom stereocenters. The van der Waals surface area contributed by atoms with Crippen LogP contribution in [0.25, 0.3) is 0 Å². The maximum absolute atomic E-state index is 13.0. The summed E-state index contributed by atoms with van der Waals surface area (Å²) in [6, 6.07) is 0. The van der Waals surface area contributed by atoms with Crippen molar-refractivity contribution < 1.29 is 39.5 Å². The fourth-order valence-corrected chi connectivity index (χ4v) is 11.9. The predicted molar refractivity (Wildman–Crippen MR) is 171 cm³/mol. The van der Waals surface area contributed by atoms with Crippen LogP contribution in [-0.4, -0.2) is 69.5 Å². The van der Waals surface area contributed by atoms with Crippen LogP contribution in [0.2, 0.25) is 0 Å². The first-order chi connectivity index (χ1) is 20.7. The lowest BCUT2D eigenvalue weighted by Crippen LogP contribution is -2.76. The number of esters is 2. The Morgan fingerprint density at radius 2 is 1.53 bits per heavy atom. The van der Waals surface area contributed by atoms with E-state index in [1.165, 1.54) is 13.0 Å². The molecule has 5 rings (SSSR count). The number of fused-ring (bicyclic) bond motifs is 7. The largest absolute Gasteiger partial charge is 0.458 e. The highest BCUT2D eigenvalue weighted by atomic mass is 16.6. The molecule has 0 radical (unpaired) electrons. The SMILES string of the molecule is CC(=O)O[C@H]1[C@H](OC(=O)C=C(C)C)C(C)(C)C[C@H]2C3=CC[C@@H]4[C@@]5(C)CC[C@H](O)C(C)(C)[C@@H]5CC[C@@]4(C)[C@]3(C)[C@@H](O)[C@@H](O)[C@]21CO. The van der Waals surface area contributed by atoms with Crippen molar-refractivity contribution in [2.45, 2.75) is 138 Å². The lowest BCUT2D eigenvalue weighted by molar-refractivity contribution is -0.292. The van der Waals surface area contributed by atoms with Crippen molar-refractivity contribution >= 4 is 11.9 Å². The Balaban J connectivity index is 1.66. The molecular weight excluding hydrogens is 572 g/mol. The Hall–Kier alpha value is -1.74. The van der Waals surface area contributed by atoms with Gasteiger partial charge < -0.3 is 29.9 Å². The van der Waals surface area contributed by atoms with Gasteiger partial charge in [-0.25, -0.2) is 4.79 Å². The Bertz CT molecular complexity index is 1280. The van der Waals surface area contributed by atoms with Gasteiger partial charge in [0.15, 0.2) is 6.10 Å². The third kappa shape index (κ3) is 4.58. The van der Waals surface area contributed by atoms with Crippen LogP contribution in [0.3, 0.4) is 0 Å². The first-order valence-corrected chi connectivity index (χ1v) is 17.0. The van der Waals surface area contributed by atoms with Gasteiger partial charge in [-0.1, -0.05) is 65.7 Å². The van der Waals surface area contributed by atoms with Gasteiger partial charge in [0.1, 0.15) is 6.10 Å². The first kappa shape index (κ1) is 34.6. The van der Waals surface area contributed by atoms with Crippen molar-refractivity contribution in [2.75, 3.05) is 6.61 Å². The number of carbonyl (C=O) groups excluding carboxylic acids is 2. The minimum Gasteiger partial charge on any atom is -0.458 e. The maximum Gasteiger partial charge on any atom is 0.331 e. The Labute approximate surface area is 269 Å². The van der Waals surface area contributed by atoms with Crippen molar-refractivity contribution in [3.63, 3.8) is 0 Å². The van der Waals surface area contributed by atoms with Gasteiger partial charge in [-0.2, -0.15) is 0 Å². The number of ether oxygens (including phenoxy) is 2. The molecule has 12 atom stereocenters. The van der Waals surface area contributed by atoms with E-state index in [2.05, 4.69) is 40.7 Å². The summed E-state index contributed by atoms with van der Waals surface area (Å²) in [5.74, 6) is -1.08. The average molecular weight is 631 g/mol. The molecule has 0 aliphatic heterocycles. The number of hydrogen-bond acceptors (Lipinski definition) is 8. The molecule has 4 N–H and O–H groups in total. The average Bonchev–Trinajstić information content (AvgIpc) is 2.92. The second-order valence-corrected chi connectivity index (χ2v) is 17.6. The first-order valence-electron chi connectivity index (χ1n) is 17.0. The molecule has 5 aliphatic rings. The van der Waals surface area contributed by atoms with Crippen molar-refractivity contribution in [3.8, 4) is 0 Å². The van der Waals surface area contributed by atoms with Gasteiger partial charge in [0.05, 0.1) is 30.3 Å². The normalized spacial score (nSPS) is 47.9. The molecule has 0 bridgehead atoms. The Kier molecular flexibility index (Phi) is 8.37. The second-order valence-electron chi connectivity index (χ2n) is 17.6. The molecule has 8 heteroatoms. The predicted octanol–water partition coefficient (Wildman–Crippen LogP) is 5.11. The van der Waals surface area contributed by atoms with Crippen molar-refractivity contribution in [1.82, 2.24) is 0 Å². The minimum atomic E-state index is -1.48. The van der Waals surface area contributed by atoms with Crippen LogP contribution >= 0.6 is 0 Å². The lowest BCUT2D eigenvalue weighted by Gasteiger charge is -2.73. The Morgan fingerprint density at radius 3 is 2.11 bits per heavy atom. The van der Waals surface area contributed by atoms with E-state index in [1.807, 2.05) is 13.8 Å². The molecule has 0 spiro atoms. The molecule has 0 aromatic rings. The summed E-state index contributed by atoms with van der Waals surface area (Å²) >= 11 is 0. The molecule has 254 valence electrons. The number of hydrogen-bond donors (Lipinski definition) is 4. The molecule has 4 fully saturated rings. The van der Waals surface area contributed by atoms with Crippen molar-refractivity contribution in [2.24, 2.45) is 50.2 Å². The molecule has 5 aliphatic carbocycles. The van der Waals surface area contributed by atoms with Crippen LogP contribution in [0.4, 0.5) is 0 Å². The van der Waals surface area contributed by atoms with E-state index in [4.69, 9.17) is 9.47 Å². The molecule has 0 aromatic heterocycles. The number of allylic oxidation sites excluding steroid dienone is 2. The summed E-state index contributed by atoms with van der Waals surface area (Å²) in [4.78, 5) is 25.6. The van der Waals surface area contributed by atoms with E-state index in [0.29, 0.717) is 12.3 Å². The summed E-state index contributed by atoms with van der Waals surface area (Å²) in [7, 11) is 0. The summed E-state index contributed by atoms with van der Waals surface area (Å²) < 4.78 is 12.0. The van der Waals surface area contributed by atoms with E-state index in [1.54, 1.807) is 13.8 Å². The minimum absolute atomic E-state index is 0.0622. The lowest BCUT2D eigenvalue weighted by atomic mass is 9.32. The van der Waals surface area contributed by atoms with Gasteiger partial charge in [0.2, 0.25) is 0 Å². The highest BCUT2D eigenvalue weighted by Gasteiger charge is 2.76. The monoisotopic (exact) mass is 630 g/mol. The standard InChI is InChI=1S/C37H58O8/c1-20(2)17-27(41)45-30-31(44-21(3)39)37(19-38)23(18-32(30,4)5)22-11-12-25-34(8)15-14-26(40)33(6,7)24(34)13-16-35(25,9)36(22,10)28(42)29(37)43/h11,17,23-26,28-31,38,40,42-43H,12-16,18-19H2,1-10H3/t23-,24-,25+,26-,28-,29+,30-,31-,34-,35+,36-,37-/m0/s1. The van der Waals surface area contributed by atoms with Crippen molar-refractivity contribution in [3.05, 3.63) is 23.3 Å². The van der Waals surface area contributed by atoms with Gasteiger partial charge in [0, 0.05) is 23.8 Å². The Morgan fingerprint density at radius 1 is 0.889 bits per heavy atom. The molecule has 0 saturated heterocycles. The molecule has 0 aromatic carbocycles. The summed E-state index contributed by atoms with van der Waals surface area (Å²) in [5, 5.41) is 47.2. The number of aliphatic hydroxyl groups excluding tert-OH is 4. The highest BCUT2D eigenvalue weighted by Crippen LogP contribution is 2.76. The molecule has 0 amide bonds. The van der Waals surface area contributed by atoms with Gasteiger partial charge in [-0.3, -0.25) is 4.79 Å². The number of rotatable bonds is 4. The topological polar surface area (TPSA) is 134 Å². The van der Waals surface area contributed by atoms with E-state index < -0.39 is 65.1 Å². The molecular formula is C37H58O8. The molecule has 0 heterocycles. The zero-order valence-electron chi connectivity index (χ0n) is 29.1. The quantitative estimate of drug-likeness (QED) is 0.191. The van der Waals surface area contributed by atoms with Crippen LogP contribution in [0.5, 0.6) is 0 Å². The fourth-order valence-electron chi connectivity index (χ4n) is 11.9. The molecule has 8 nitrogen and oxygen atoms in total. The van der Waals surface area contributed by atoms with Crippen molar-refractivity contribution in [1.29, 1.82) is 0 Å².